The molecule has 0 fully saturated rings. The predicted molar refractivity (Wildman–Crippen MR) is 455 cm³/mol. The number of pyridine rings is 1. The Labute approximate surface area is 650 Å². The van der Waals surface area contributed by atoms with Crippen LogP contribution in [0.2, 0.25) is 0 Å². The molecule has 8 heterocycles. The summed E-state index contributed by atoms with van der Waals surface area (Å²) in [5, 5.41) is 71.3. The predicted octanol–water partition coefficient (Wildman–Crippen LogP) is 17.1. The maximum Gasteiger partial charge on any atom is 0.180 e. The van der Waals surface area contributed by atoms with Crippen LogP contribution in [0.5, 0.6) is 40.2 Å². The van der Waals surface area contributed by atoms with E-state index in [1.165, 1.54) is 27.2 Å². The van der Waals surface area contributed by atoms with E-state index in [1.54, 1.807) is 91.0 Å². The molecule has 2 aliphatic rings. The van der Waals surface area contributed by atoms with Crippen molar-refractivity contribution >= 4 is 89.6 Å². The fourth-order valence-corrected chi connectivity index (χ4v) is 12.7. The molecule has 0 spiro atoms. The summed E-state index contributed by atoms with van der Waals surface area (Å²) in [7, 11) is 4.50. The number of hydrogen-bond donors (Lipinski definition) is 17. The van der Waals surface area contributed by atoms with Crippen LogP contribution in [0, 0.1) is 6.92 Å². The van der Waals surface area contributed by atoms with Gasteiger partial charge in [-0.25, -0.2) is 29.9 Å². The minimum atomic E-state index is 0.0228. The zero-order chi connectivity index (χ0) is 80.6. The van der Waals surface area contributed by atoms with E-state index in [1.807, 2.05) is 168 Å². The van der Waals surface area contributed by atoms with Crippen LogP contribution >= 0.6 is 0 Å². The van der Waals surface area contributed by atoms with Gasteiger partial charge in [-0.2, -0.15) is 0 Å². The van der Waals surface area contributed by atoms with E-state index in [2.05, 4.69) is 82.0 Å². The zero-order valence-corrected chi connectivity index (χ0v) is 63.4. The van der Waals surface area contributed by atoms with Crippen molar-refractivity contribution in [3.05, 3.63) is 258 Å². The van der Waals surface area contributed by atoms with Crippen LogP contribution in [0.3, 0.4) is 0 Å². The number of nitrogens with two attached hydrogens (primary N) is 5. The van der Waals surface area contributed by atoms with E-state index in [9.17, 15) is 35.7 Å². The third-order valence-corrected chi connectivity index (χ3v) is 17.8. The van der Waals surface area contributed by atoms with Crippen LogP contribution < -0.4 is 28.7 Å². The number of fused-ring (bicyclic) bond motifs is 7. The Kier molecular flexibility index (Phi) is 25.3. The summed E-state index contributed by atoms with van der Waals surface area (Å²) < 4.78 is 0. The second-order valence-electron chi connectivity index (χ2n) is 24.9. The van der Waals surface area contributed by atoms with Crippen molar-refractivity contribution in [2.24, 2.45) is 27.2 Å². The highest BCUT2D eigenvalue weighted by Gasteiger charge is 2.24. The van der Waals surface area contributed by atoms with Gasteiger partial charge in [-0.1, -0.05) is 113 Å². The fraction of sp³-hybridized carbons (Fsp3) is 0.114. The van der Waals surface area contributed by atoms with Crippen LogP contribution in [-0.4, -0.2) is 123 Å². The van der Waals surface area contributed by atoms with E-state index in [0.29, 0.717) is 85.9 Å². The molecule has 25 heteroatoms. The molecule has 0 saturated heterocycles. The number of aromatic hydroxyl groups is 7. The van der Waals surface area contributed by atoms with Crippen LogP contribution in [0.1, 0.15) is 55.5 Å². The van der Waals surface area contributed by atoms with E-state index >= 15 is 0 Å². The molecule has 572 valence electrons. The Morgan fingerprint density at radius 1 is 0.283 bits per heavy atom. The molecule has 0 radical (unpaired) electrons. The van der Waals surface area contributed by atoms with E-state index < -0.39 is 0 Å². The van der Waals surface area contributed by atoms with Crippen LogP contribution in [0.15, 0.2) is 241 Å². The lowest BCUT2D eigenvalue weighted by Gasteiger charge is -2.08. The molecule has 11 aromatic carbocycles. The van der Waals surface area contributed by atoms with Crippen molar-refractivity contribution in [2.45, 2.75) is 47.5 Å². The molecule has 2 aliphatic heterocycles. The smallest absolute Gasteiger partial charge is 0.180 e. The van der Waals surface area contributed by atoms with Gasteiger partial charge in [0.1, 0.15) is 69.4 Å². The molecule has 25 nitrogen and oxygen atoms in total. The molecule has 0 unspecified atom stereocenters. The molecule has 0 aliphatic carbocycles. The monoisotopic (exact) mass is 1510 g/mol. The first-order chi connectivity index (χ1) is 55.1. The summed E-state index contributed by atoms with van der Waals surface area (Å²) in [4.78, 5) is 52.4. The van der Waals surface area contributed by atoms with Crippen molar-refractivity contribution < 1.29 is 35.7 Å². The molecular weight excluding hydrogens is 1420 g/mol. The largest absolute Gasteiger partial charge is 0.507 e. The molecule has 19 rings (SSSR count). The highest BCUT2D eigenvalue weighted by molar-refractivity contribution is 6.10. The molecular formula is C88H88N18O7. The Bertz CT molecular complexity index is 6000. The number of H-pyrrole nitrogens is 5. The third-order valence-electron chi connectivity index (χ3n) is 17.8. The summed E-state index contributed by atoms with van der Waals surface area (Å²) in [6.45, 7) is 10.0. The Hall–Kier alpha value is -14.7. The number of phenolic OH excluding ortho intramolecular Hbond substituents is 7. The van der Waals surface area contributed by atoms with Gasteiger partial charge in [0.2, 0.25) is 0 Å². The van der Waals surface area contributed by atoms with Gasteiger partial charge < -0.3 is 89.3 Å². The SMILES string of the molecule is CC.CC.CN.CN.CN.Cc1ccc2c(c1)N=C(c1cc(O)c(-c3nc4ccc(N)cc4[nH]3)cc1O)C2.Nc1ccc2c(c1)CC(c1ccccc1O)=N2.Oc1ccccc1-c1nc2ccc(-c3ccc4nc(-c5ccccc5O)[nH]c4c3)cc2[nH]1.Oc1ccccc1-c1nc2nc3nc(-c4ccccc4O)[nH]c3cc2[nH]1. The van der Waals surface area contributed by atoms with Gasteiger partial charge >= 0.3 is 0 Å². The minimum absolute atomic E-state index is 0.0228. The normalized spacial score (nSPS) is 11.3. The Balaban J connectivity index is 0.000000146. The summed E-state index contributed by atoms with van der Waals surface area (Å²) in [5.74, 6) is 3.84. The zero-order valence-electron chi connectivity index (χ0n) is 63.4. The number of benzene rings is 11. The first-order valence-electron chi connectivity index (χ1n) is 36.4. The number of nitrogens with one attached hydrogen (secondary N) is 5. The quantitative estimate of drug-likeness (QED) is 0.0496. The van der Waals surface area contributed by atoms with E-state index in [-0.39, 0.29) is 40.2 Å². The van der Waals surface area contributed by atoms with Crippen molar-refractivity contribution in [3.63, 3.8) is 0 Å². The number of nitrogen functional groups attached to an aromatic ring is 2. The molecule has 22 N–H and O–H groups in total. The molecule has 6 aromatic heterocycles. The number of aliphatic imine (C=N–C) groups is 2. The Morgan fingerprint density at radius 3 is 1.11 bits per heavy atom. The van der Waals surface area contributed by atoms with Crippen molar-refractivity contribution in [3.8, 4) is 108 Å². The van der Waals surface area contributed by atoms with Gasteiger partial charge in [0.15, 0.2) is 11.3 Å². The number of rotatable bonds is 8. The molecule has 0 amide bonds. The summed E-state index contributed by atoms with van der Waals surface area (Å²) in [5.41, 5.74) is 47.0. The number of anilines is 2. The Morgan fingerprint density at radius 2 is 0.637 bits per heavy atom. The summed E-state index contributed by atoms with van der Waals surface area (Å²) in [6, 6.07) is 69.7. The number of aromatic amines is 5. The lowest BCUT2D eigenvalue weighted by atomic mass is 10.0. The lowest BCUT2D eigenvalue weighted by molar-refractivity contribution is 0.460. The van der Waals surface area contributed by atoms with Gasteiger partial charge in [0, 0.05) is 35.3 Å². The van der Waals surface area contributed by atoms with Crippen LogP contribution in [-0.2, 0) is 12.8 Å². The molecule has 0 atom stereocenters. The maximum atomic E-state index is 10.6. The van der Waals surface area contributed by atoms with Gasteiger partial charge in [-0.3, -0.25) is 9.98 Å². The van der Waals surface area contributed by atoms with Crippen molar-refractivity contribution in [2.75, 3.05) is 32.6 Å². The molecule has 0 saturated carbocycles. The lowest BCUT2D eigenvalue weighted by Crippen LogP contribution is -2.01. The maximum absolute atomic E-state index is 10.6. The third kappa shape index (κ3) is 17.4. The number of nitrogens with zero attached hydrogens (tertiary/aromatic N) is 8. The molecule has 0 bridgehead atoms. The molecule has 17 aromatic rings. The van der Waals surface area contributed by atoms with Gasteiger partial charge in [0.25, 0.3) is 0 Å². The molecule has 113 heavy (non-hydrogen) atoms. The van der Waals surface area contributed by atoms with Gasteiger partial charge in [-0.05, 0) is 201 Å². The van der Waals surface area contributed by atoms with E-state index in [4.69, 9.17) is 11.5 Å². The standard InChI is InChI=1S/C26H18N4O2.C22H18N4O2.C19H13N5O2.C14H12N2O.2C2H6.3CH5N/c31-23-7-3-1-5-17(23)25-27-19-11-9-15(13-21(19)29-25)16-10-12-20-22(14-16)30-26(28-20)18-6-2-4-8-24(18)32;1-11-2-3-12-7-18(24-17(12)6-11)14-9-21(28)15(10-20(14)27)22-25-16-5-4-13(23)8-19(16)26-22;25-14-7-3-1-5-10(14)16-20-12-9-13-19(24-18(12)22-16)23-17(21-13)11-6-2-4-8-15(11)26;15-10-5-6-12-9(7-10)8-13(16-12)11-3-1-2-4-14(11)17;5*1-2/h1-14,31-32H,(H,27,29)(H,28,30);2-6,8-10,27-28H,7,23H2,1H3,(H,25,26);1-9,25-26H,(H2,20,21,22,23,24);1-7,17H,8,15H2;2*1-2H3;3*2H2,1H3. The van der Waals surface area contributed by atoms with Gasteiger partial charge in [-0.15, -0.1) is 0 Å². The van der Waals surface area contributed by atoms with Gasteiger partial charge in [0.05, 0.1) is 94.7 Å². The number of aryl methyl sites for hydroxylation is 1. The topological polar surface area (TPSA) is 453 Å². The van der Waals surface area contributed by atoms with E-state index in [0.717, 1.165) is 112 Å². The summed E-state index contributed by atoms with van der Waals surface area (Å²) in [6.07, 6.45) is 1.34. The van der Waals surface area contributed by atoms with Crippen LogP contribution in [0.4, 0.5) is 22.7 Å². The number of imidazole rings is 5. The number of aromatic nitrogens is 11. The second kappa shape index (κ2) is 36.0. The fourth-order valence-electron chi connectivity index (χ4n) is 12.7. The summed E-state index contributed by atoms with van der Waals surface area (Å²) >= 11 is 0. The number of hydrogen-bond acceptors (Lipinski definition) is 20. The first-order valence-corrected chi connectivity index (χ1v) is 36.4. The highest BCUT2D eigenvalue weighted by Crippen LogP contribution is 2.41. The first kappa shape index (κ1) is 79.4. The van der Waals surface area contributed by atoms with Crippen molar-refractivity contribution in [1.29, 1.82) is 0 Å². The average Bonchev–Trinajstić information content (AvgIpc) is 1.63. The van der Waals surface area contributed by atoms with Crippen molar-refractivity contribution in [1.82, 2.24) is 54.8 Å². The minimum Gasteiger partial charge on any atom is -0.507 e. The second-order valence-corrected chi connectivity index (χ2v) is 24.9. The highest BCUT2D eigenvalue weighted by atomic mass is 16.3. The number of phenols is 7. The average molecular weight is 1510 g/mol. The number of para-hydroxylation sites is 5. The van der Waals surface area contributed by atoms with Crippen LogP contribution in [0.25, 0.3) is 123 Å².